The summed E-state index contributed by atoms with van der Waals surface area (Å²) < 4.78 is 8.39. The van der Waals surface area contributed by atoms with Crippen LogP contribution in [0.5, 0.6) is 5.75 Å². The molecule has 3 atom stereocenters. The third-order valence-electron chi connectivity index (χ3n) is 10.2. The predicted molar refractivity (Wildman–Crippen MR) is 166 cm³/mol. The van der Waals surface area contributed by atoms with Crippen molar-refractivity contribution in [3.63, 3.8) is 0 Å². The van der Waals surface area contributed by atoms with E-state index in [0.29, 0.717) is 24.3 Å². The Morgan fingerprint density at radius 3 is 2.55 bits per heavy atom. The van der Waals surface area contributed by atoms with E-state index in [4.69, 9.17) is 4.74 Å². The second kappa shape index (κ2) is 12.6. The summed E-state index contributed by atoms with van der Waals surface area (Å²) in [5.74, 6) is 1.15. The van der Waals surface area contributed by atoms with Gasteiger partial charge in [-0.25, -0.2) is 0 Å². The van der Waals surface area contributed by atoms with Crippen LogP contribution in [0, 0.1) is 12.8 Å². The number of aliphatic hydroxyl groups is 1. The fraction of sp³-hybridized carbons (Fsp3) is 0.514. The van der Waals surface area contributed by atoms with Gasteiger partial charge >= 0.3 is 0 Å². The quantitative estimate of drug-likeness (QED) is 0.255. The molecule has 2 heterocycles. The van der Waals surface area contributed by atoms with Crippen LogP contribution in [0.15, 0.2) is 71.7 Å². The SMILES string of the molecule is Cc1ccc2c(c1)[C@@H](CC[C@@H](O)[C@@H](CC(=O)c1ccc(=O)n(C3CCCC3)c1)Cc1ccccc1)CC1(CCCC1)O2. The standard InChI is InChI=1S/C37H45NO4/c1-26-13-17-35-32(21-26)28(24-37(42-35)19-7-8-20-37)14-16-33(39)30(22-27-9-3-2-4-10-27)23-34(40)29-15-18-36(41)38(25-29)31-11-5-6-12-31/h2-4,9-10,13,15,17-18,21,25,28,30-31,33,39H,5-8,11-12,14,16,19-20,22-24H2,1H3/t28-,30+,33+/m0/s1. The van der Waals surface area contributed by atoms with Gasteiger partial charge in [0.25, 0.3) is 5.56 Å². The molecule has 5 heteroatoms. The van der Waals surface area contributed by atoms with Crippen LogP contribution in [0.25, 0.3) is 0 Å². The van der Waals surface area contributed by atoms with Crippen molar-refractivity contribution in [2.45, 2.75) is 114 Å². The molecule has 0 saturated heterocycles. The molecule has 42 heavy (non-hydrogen) atoms. The van der Waals surface area contributed by atoms with E-state index in [0.717, 1.165) is 62.7 Å². The van der Waals surface area contributed by atoms with Crippen LogP contribution in [-0.2, 0) is 6.42 Å². The molecule has 0 radical (unpaired) electrons. The minimum absolute atomic E-state index is 0.00123. The minimum Gasteiger partial charge on any atom is -0.487 e. The summed E-state index contributed by atoms with van der Waals surface area (Å²) >= 11 is 0. The number of ketones is 1. The van der Waals surface area contributed by atoms with Crippen LogP contribution >= 0.6 is 0 Å². The Labute approximate surface area is 249 Å². The number of aromatic nitrogens is 1. The largest absolute Gasteiger partial charge is 0.487 e. The first-order valence-electron chi connectivity index (χ1n) is 16.2. The number of aryl methyl sites for hydroxylation is 1. The van der Waals surface area contributed by atoms with Gasteiger partial charge in [-0.15, -0.1) is 0 Å². The second-order valence-corrected chi connectivity index (χ2v) is 13.3. The van der Waals surface area contributed by atoms with E-state index in [2.05, 4.69) is 37.3 Å². The second-order valence-electron chi connectivity index (χ2n) is 13.3. The maximum Gasteiger partial charge on any atom is 0.250 e. The molecule has 0 amide bonds. The lowest BCUT2D eigenvalue weighted by molar-refractivity contribution is 0.0344. The van der Waals surface area contributed by atoms with Gasteiger partial charge in [0, 0.05) is 30.3 Å². The van der Waals surface area contributed by atoms with Crippen molar-refractivity contribution < 1.29 is 14.6 Å². The Kier molecular flexibility index (Phi) is 8.67. The molecule has 2 saturated carbocycles. The van der Waals surface area contributed by atoms with Gasteiger partial charge in [0.1, 0.15) is 11.4 Å². The molecule has 2 aliphatic carbocycles. The number of fused-ring (bicyclic) bond motifs is 1. The van der Waals surface area contributed by atoms with E-state index in [1.54, 1.807) is 16.8 Å². The maximum absolute atomic E-state index is 13.7. The van der Waals surface area contributed by atoms with E-state index >= 15 is 0 Å². The monoisotopic (exact) mass is 567 g/mol. The first-order valence-corrected chi connectivity index (χ1v) is 16.2. The number of benzene rings is 2. The van der Waals surface area contributed by atoms with E-state index in [1.165, 1.54) is 30.0 Å². The molecule has 1 aliphatic heterocycles. The van der Waals surface area contributed by atoms with Crippen molar-refractivity contribution in [2.75, 3.05) is 0 Å². The lowest BCUT2D eigenvalue weighted by Crippen LogP contribution is -2.38. The maximum atomic E-state index is 13.7. The predicted octanol–water partition coefficient (Wildman–Crippen LogP) is 7.72. The fourth-order valence-electron chi connectivity index (χ4n) is 7.86. The Morgan fingerprint density at radius 2 is 1.79 bits per heavy atom. The van der Waals surface area contributed by atoms with Gasteiger partial charge in [-0.05, 0) is 106 Å². The number of Topliss-reactive ketones (excluding diaryl/α,β-unsaturated/α-hetero) is 1. The van der Waals surface area contributed by atoms with E-state index in [9.17, 15) is 14.7 Å². The average Bonchev–Trinajstić information content (AvgIpc) is 3.69. The fourth-order valence-corrected chi connectivity index (χ4v) is 7.86. The third kappa shape index (κ3) is 6.41. The van der Waals surface area contributed by atoms with Crippen LogP contribution in [0.4, 0.5) is 0 Å². The zero-order valence-electron chi connectivity index (χ0n) is 25.0. The molecular formula is C37H45NO4. The smallest absolute Gasteiger partial charge is 0.250 e. The highest BCUT2D eigenvalue weighted by molar-refractivity contribution is 5.96. The van der Waals surface area contributed by atoms with E-state index in [1.807, 2.05) is 18.2 Å². The van der Waals surface area contributed by atoms with Crippen LogP contribution < -0.4 is 10.3 Å². The highest BCUT2D eigenvalue weighted by Crippen LogP contribution is 2.49. The van der Waals surface area contributed by atoms with Gasteiger partial charge in [0.15, 0.2) is 5.78 Å². The van der Waals surface area contributed by atoms with Crippen LogP contribution in [0.3, 0.4) is 0 Å². The lowest BCUT2D eigenvalue weighted by Gasteiger charge is -2.40. The normalized spacial score (nSPS) is 21.1. The van der Waals surface area contributed by atoms with Gasteiger partial charge in [0.05, 0.1) is 6.10 Å². The van der Waals surface area contributed by atoms with Gasteiger partial charge in [-0.3, -0.25) is 9.59 Å². The molecule has 1 aromatic heterocycles. The van der Waals surface area contributed by atoms with E-state index in [-0.39, 0.29) is 35.3 Å². The Morgan fingerprint density at radius 1 is 1.02 bits per heavy atom. The molecule has 2 aromatic carbocycles. The molecule has 0 bridgehead atoms. The number of aliphatic hydroxyl groups excluding tert-OH is 1. The molecule has 6 rings (SSSR count). The first kappa shape index (κ1) is 28.9. The molecule has 2 fully saturated rings. The molecular weight excluding hydrogens is 522 g/mol. The number of pyridine rings is 1. The highest BCUT2D eigenvalue weighted by atomic mass is 16.5. The van der Waals surface area contributed by atoms with Crippen molar-refractivity contribution >= 4 is 5.78 Å². The van der Waals surface area contributed by atoms with Crippen LogP contribution in [-0.4, -0.2) is 27.2 Å². The van der Waals surface area contributed by atoms with Crippen molar-refractivity contribution in [1.82, 2.24) is 4.57 Å². The van der Waals surface area contributed by atoms with Crippen molar-refractivity contribution in [1.29, 1.82) is 0 Å². The summed E-state index contributed by atoms with van der Waals surface area (Å²) in [6, 6.07) is 20.1. The first-order chi connectivity index (χ1) is 20.4. The van der Waals surface area contributed by atoms with Crippen molar-refractivity contribution in [3.8, 4) is 5.75 Å². The number of carbonyl (C=O) groups excluding carboxylic acids is 1. The highest BCUT2D eigenvalue weighted by Gasteiger charge is 2.43. The summed E-state index contributed by atoms with van der Waals surface area (Å²) in [6.45, 7) is 2.13. The molecule has 3 aliphatic rings. The summed E-state index contributed by atoms with van der Waals surface area (Å²) in [5, 5.41) is 11.7. The number of nitrogens with zero attached hydrogens (tertiary/aromatic N) is 1. The van der Waals surface area contributed by atoms with Gasteiger partial charge < -0.3 is 14.4 Å². The van der Waals surface area contributed by atoms with Gasteiger partial charge in [-0.1, -0.05) is 60.9 Å². The number of ether oxygens (including phenoxy) is 1. The summed E-state index contributed by atoms with van der Waals surface area (Å²) in [6.07, 6.45) is 13.4. The molecule has 0 unspecified atom stereocenters. The zero-order valence-corrected chi connectivity index (χ0v) is 25.0. The minimum atomic E-state index is -0.606. The van der Waals surface area contributed by atoms with E-state index < -0.39 is 6.10 Å². The lowest BCUT2D eigenvalue weighted by atomic mass is 9.77. The summed E-state index contributed by atoms with van der Waals surface area (Å²) in [7, 11) is 0. The number of hydrogen-bond donors (Lipinski definition) is 1. The number of hydrogen-bond acceptors (Lipinski definition) is 4. The third-order valence-corrected chi connectivity index (χ3v) is 10.2. The Balaban J connectivity index is 1.20. The van der Waals surface area contributed by atoms with Crippen LogP contribution in [0.2, 0.25) is 0 Å². The molecule has 222 valence electrons. The molecule has 3 aromatic rings. The summed E-state index contributed by atoms with van der Waals surface area (Å²) in [5.41, 5.74) is 4.10. The topological polar surface area (TPSA) is 68.5 Å². The number of carbonyl (C=O) groups is 1. The summed E-state index contributed by atoms with van der Waals surface area (Å²) in [4.78, 5) is 26.3. The molecule has 1 N–H and O–H groups in total. The van der Waals surface area contributed by atoms with Gasteiger partial charge in [0.2, 0.25) is 0 Å². The molecule has 1 spiro atoms. The zero-order chi connectivity index (χ0) is 29.1. The van der Waals surface area contributed by atoms with Crippen molar-refractivity contribution in [3.05, 3.63) is 99.5 Å². The molecule has 5 nitrogen and oxygen atoms in total. The van der Waals surface area contributed by atoms with Crippen molar-refractivity contribution in [2.24, 2.45) is 5.92 Å². The Hall–Kier alpha value is -3.18. The van der Waals surface area contributed by atoms with Crippen LogP contribution in [0.1, 0.15) is 116 Å². The average molecular weight is 568 g/mol. The Bertz CT molecular complexity index is 1430. The van der Waals surface area contributed by atoms with Gasteiger partial charge in [-0.2, -0.15) is 0 Å². The number of rotatable bonds is 10.